The van der Waals surface area contributed by atoms with Gasteiger partial charge in [0.25, 0.3) is 0 Å². The number of carbonyl (C=O) groups excluding carboxylic acids is 1. The summed E-state index contributed by atoms with van der Waals surface area (Å²) in [6, 6.07) is 9.87. The molecule has 2 aromatic rings. The highest BCUT2D eigenvalue weighted by Crippen LogP contribution is 2.39. The van der Waals surface area contributed by atoms with Crippen LogP contribution in [0.1, 0.15) is 30.9 Å². The molecule has 20 heavy (non-hydrogen) atoms. The van der Waals surface area contributed by atoms with Crippen molar-refractivity contribution >= 4 is 11.7 Å². The largest absolute Gasteiger partial charge is 0.328 e. The predicted octanol–water partition coefficient (Wildman–Crippen LogP) is 2.30. The first-order valence-electron chi connectivity index (χ1n) is 6.82. The molecule has 0 fully saturated rings. The van der Waals surface area contributed by atoms with Crippen LogP contribution in [-0.4, -0.2) is 20.5 Å². The van der Waals surface area contributed by atoms with Gasteiger partial charge in [-0.1, -0.05) is 30.3 Å². The first-order valence-corrected chi connectivity index (χ1v) is 6.82. The van der Waals surface area contributed by atoms with Gasteiger partial charge in [0.05, 0.1) is 0 Å². The number of nitrogens with one attached hydrogen (secondary N) is 1. The molecule has 1 aliphatic heterocycles. The van der Waals surface area contributed by atoms with Crippen molar-refractivity contribution in [3.8, 4) is 0 Å². The van der Waals surface area contributed by atoms with Gasteiger partial charge in [0.2, 0.25) is 5.95 Å². The molecule has 1 aromatic heterocycles. The topological polar surface area (TPSA) is 59.8 Å². The van der Waals surface area contributed by atoms with Crippen LogP contribution in [0.5, 0.6) is 0 Å². The summed E-state index contributed by atoms with van der Waals surface area (Å²) in [6.45, 7) is 0. The number of allylic oxidation sites excluding steroid dienone is 2. The lowest BCUT2D eigenvalue weighted by Gasteiger charge is -2.32. The first-order chi connectivity index (χ1) is 9.84. The smallest absolute Gasteiger partial charge is 0.226 e. The van der Waals surface area contributed by atoms with Gasteiger partial charge in [-0.3, -0.25) is 4.79 Å². The molecule has 5 heteroatoms. The highest BCUT2D eigenvalue weighted by atomic mass is 16.1. The monoisotopic (exact) mass is 266 g/mol. The van der Waals surface area contributed by atoms with Crippen LogP contribution in [0.3, 0.4) is 0 Å². The van der Waals surface area contributed by atoms with Crippen molar-refractivity contribution in [1.82, 2.24) is 14.8 Å². The van der Waals surface area contributed by atoms with Crippen LogP contribution in [0.25, 0.3) is 0 Å². The summed E-state index contributed by atoms with van der Waals surface area (Å²) in [5.41, 5.74) is 2.93. The molecular weight excluding hydrogens is 252 g/mol. The van der Waals surface area contributed by atoms with Crippen molar-refractivity contribution in [2.45, 2.75) is 25.3 Å². The maximum atomic E-state index is 12.4. The molecule has 4 rings (SSSR count). The van der Waals surface area contributed by atoms with E-state index in [0.717, 1.165) is 29.7 Å². The number of anilines is 1. The quantitative estimate of drug-likeness (QED) is 0.860. The van der Waals surface area contributed by atoms with E-state index in [9.17, 15) is 4.79 Å². The number of hydrogen-bond donors (Lipinski definition) is 1. The third-order valence-corrected chi connectivity index (χ3v) is 3.93. The lowest BCUT2D eigenvalue weighted by Crippen LogP contribution is -2.31. The van der Waals surface area contributed by atoms with Gasteiger partial charge in [0.15, 0.2) is 5.78 Å². The Morgan fingerprint density at radius 1 is 1.20 bits per heavy atom. The summed E-state index contributed by atoms with van der Waals surface area (Å²) in [5.74, 6) is 0.932. The van der Waals surface area contributed by atoms with Gasteiger partial charge in [0, 0.05) is 17.7 Å². The van der Waals surface area contributed by atoms with Gasteiger partial charge in [-0.25, -0.2) is 4.68 Å². The van der Waals surface area contributed by atoms with E-state index in [1.807, 2.05) is 30.3 Å². The Labute approximate surface area is 116 Å². The lowest BCUT2D eigenvalue weighted by atomic mass is 9.85. The highest BCUT2D eigenvalue weighted by Gasteiger charge is 2.35. The number of nitrogens with zero attached hydrogens (tertiary/aromatic N) is 3. The molecule has 0 bridgehead atoms. The van der Waals surface area contributed by atoms with Crippen LogP contribution in [0.2, 0.25) is 0 Å². The Morgan fingerprint density at radius 2 is 2.05 bits per heavy atom. The normalized spacial score (nSPS) is 21.2. The molecule has 0 spiro atoms. The molecule has 0 amide bonds. The summed E-state index contributed by atoms with van der Waals surface area (Å²) >= 11 is 0. The highest BCUT2D eigenvalue weighted by molar-refractivity contribution is 5.99. The van der Waals surface area contributed by atoms with Crippen LogP contribution in [0, 0.1) is 0 Å². The minimum atomic E-state index is -0.155. The van der Waals surface area contributed by atoms with Gasteiger partial charge in [-0.2, -0.15) is 10.1 Å². The zero-order valence-electron chi connectivity index (χ0n) is 10.9. The van der Waals surface area contributed by atoms with Crippen LogP contribution in [0.15, 0.2) is 47.9 Å². The molecule has 0 saturated carbocycles. The number of hydrogen-bond acceptors (Lipinski definition) is 4. The van der Waals surface area contributed by atoms with Crippen LogP contribution in [0.4, 0.5) is 5.95 Å². The van der Waals surface area contributed by atoms with E-state index in [2.05, 4.69) is 15.4 Å². The van der Waals surface area contributed by atoms with Crippen molar-refractivity contribution in [3.63, 3.8) is 0 Å². The van der Waals surface area contributed by atoms with Gasteiger partial charge in [-0.15, -0.1) is 0 Å². The van der Waals surface area contributed by atoms with Crippen molar-refractivity contribution in [2.75, 3.05) is 5.32 Å². The Kier molecular flexibility index (Phi) is 2.45. The minimum absolute atomic E-state index is 0.155. The summed E-state index contributed by atoms with van der Waals surface area (Å²) in [6.07, 6.45) is 3.95. The van der Waals surface area contributed by atoms with E-state index < -0.39 is 0 Å². The zero-order chi connectivity index (χ0) is 13.5. The van der Waals surface area contributed by atoms with Crippen molar-refractivity contribution < 1.29 is 4.79 Å². The van der Waals surface area contributed by atoms with Crippen molar-refractivity contribution in [1.29, 1.82) is 0 Å². The van der Waals surface area contributed by atoms with E-state index in [-0.39, 0.29) is 11.8 Å². The fraction of sp³-hybridized carbons (Fsp3) is 0.267. The Morgan fingerprint density at radius 3 is 2.90 bits per heavy atom. The number of ketones is 1. The second-order valence-electron chi connectivity index (χ2n) is 5.14. The molecule has 2 aliphatic rings. The maximum Gasteiger partial charge on any atom is 0.226 e. The molecule has 0 unspecified atom stereocenters. The summed E-state index contributed by atoms with van der Waals surface area (Å²) in [5, 5.41) is 7.55. The number of aromatic nitrogens is 3. The Bertz CT molecular complexity index is 702. The van der Waals surface area contributed by atoms with E-state index in [0.29, 0.717) is 12.4 Å². The molecule has 2 heterocycles. The number of benzene rings is 1. The Hall–Kier alpha value is -2.43. The fourth-order valence-electron chi connectivity index (χ4n) is 3.04. The Balaban J connectivity index is 1.93. The minimum Gasteiger partial charge on any atom is -0.328 e. The van der Waals surface area contributed by atoms with E-state index in [1.165, 1.54) is 6.33 Å². The molecular formula is C15H14N4O. The molecule has 0 saturated heterocycles. The predicted molar refractivity (Wildman–Crippen MR) is 74.1 cm³/mol. The van der Waals surface area contributed by atoms with E-state index >= 15 is 0 Å². The molecule has 1 aliphatic carbocycles. The number of carbonyl (C=O) groups is 1. The molecule has 1 aromatic carbocycles. The second-order valence-corrected chi connectivity index (χ2v) is 5.14. The molecule has 5 nitrogen and oxygen atoms in total. The van der Waals surface area contributed by atoms with Crippen LogP contribution >= 0.6 is 0 Å². The maximum absolute atomic E-state index is 12.4. The van der Waals surface area contributed by atoms with Crippen molar-refractivity contribution in [3.05, 3.63) is 53.5 Å². The average molecular weight is 266 g/mol. The SMILES string of the molecule is O=C1CCCC2=C1[C@@H](c1ccccc1)n1ncnc1N2. The molecule has 100 valence electrons. The number of Topliss-reactive ketones (excluding diaryl/α,β-unsaturated/α-hetero) is 1. The number of rotatable bonds is 1. The van der Waals surface area contributed by atoms with Crippen molar-refractivity contribution in [2.24, 2.45) is 0 Å². The second kappa shape index (κ2) is 4.30. The average Bonchev–Trinajstić information content (AvgIpc) is 2.94. The summed E-state index contributed by atoms with van der Waals surface area (Å²) in [4.78, 5) is 16.6. The zero-order valence-corrected chi connectivity index (χ0v) is 10.9. The van der Waals surface area contributed by atoms with Gasteiger partial charge in [-0.05, 0) is 18.4 Å². The lowest BCUT2D eigenvalue weighted by molar-refractivity contribution is -0.116. The molecule has 1 N–H and O–H groups in total. The third kappa shape index (κ3) is 1.59. The standard InChI is InChI=1S/C15H14N4O/c20-12-8-4-7-11-13(12)14(10-5-2-1-3-6-10)19-15(18-11)16-9-17-19/h1-3,5-6,9,14H,4,7-8H2,(H,16,17,18)/t14-/m1/s1. The summed E-state index contributed by atoms with van der Waals surface area (Å²) < 4.78 is 1.80. The third-order valence-electron chi connectivity index (χ3n) is 3.93. The summed E-state index contributed by atoms with van der Waals surface area (Å²) in [7, 11) is 0. The van der Waals surface area contributed by atoms with E-state index in [4.69, 9.17) is 0 Å². The van der Waals surface area contributed by atoms with Crippen LogP contribution in [-0.2, 0) is 4.79 Å². The fourth-order valence-corrected chi connectivity index (χ4v) is 3.04. The van der Waals surface area contributed by atoms with Gasteiger partial charge in [0.1, 0.15) is 12.4 Å². The van der Waals surface area contributed by atoms with Crippen LogP contribution < -0.4 is 5.32 Å². The van der Waals surface area contributed by atoms with Gasteiger partial charge < -0.3 is 5.32 Å². The molecule has 0 radical (unpaired) electrons. The first kappa shape index (κ1) is 11.4. The van der Waals surface area contributed by atoms with Gasteiger partial charge >= 0.3 is 0 Å². The number of fused-ring (bicyclic) bond motifs is 1. The molecule has 1 atom stereocenters. The van der Waals surface area contributed by atoms with E-state index in [1.54, 1.807) is 4.68 Å².